The molecule has 196 valence electrons. The van der Waals surface area contributed by atoms with Gasteiger partial charge >= 0.3 is 5.97 Å². The molecule has 4 fully saturated rings. The SMILES string of the molecule is CCOC(=O)[C@]12CCC(C)(C)C[C@H]1C1=CC[C@@H]3[C@@]4(C)CCC(=O)C(C)(C)[C@@H]4CC[C@@]3(C)[C@]1(C)CC2. The summed E-state index contributed by atoms with van der Waals surface area (Å²) in [5.74, 6) is 1.92. The van der Waals surface area contributed by atoms with Crippen LogP contribution in [0.2, 0.25) is 0 Å². The van der Waals surface area contributed by atoms with Gasteiger partial charge in [-0.25, -0.2) is 0 Å². The van der Waals surface area contributed by atoms with Gasteiger partial charge in [0.2, 0.25) is 0 Å². The van der Waals surface area contributed by atoms with E-state index in [0.717, 1.165) is 57.8 Å². The number of Topliss-reactive ketones (excluding diaryl/α,β-unsaturated/α-hetero) is 1. The number of ketones is 1. The largest absolute Gasteiger partial charge is 0.466 e. The van der Waals surface area contributed by atoms with Gasteiger partial charge in [0, 0.05) is 11.8 Å². The molecule has 0 spiro atoms. The van der Waals surface area contributed by atoms with Crippen molar-refractivity contribution >= 4 is 11.8 Å². The van der Waals surface area contributed by atoms with Crippen molar-refractivity contribution < 1.29 is 14.3 Å². The molecule has 0 heterocycles. The van der Waals surface area contributed by atoms with Crippen LogP contribution in [-0.4, -0.2) is 18.4 Å². The molecule has 5 aliphatic rings. The Bertz CT molecular complexity index is 958. The minimum Gasteiger partial charge on any atom is -0.466 e. The van der Waals surface area contributed by atoms with Gasteiger partial charge in [0.05, 0.1) is 12.0 Å². The fourth-order valence-electron chi connectivity index (χ4n) is 10.7. The van der Waals surface area contributed by atoms with Crippen LogP contribution < -0.4 is 0 Å². The third-order valence-corrected chi connectivity index (χ3v) is 13.1. The van der Waals surface area contributed by atoms with E-state index in [0.29, 0.717) is 30.1 Å². The summed E-state index contributed by atoms with van der Waals surface area (Å²) < 4.78 is 5.78. The van der Waals surface area contributed by atoms with Gasteiger partial charge in [0.25, 0.3) is 0 Å². The van der Waals surface area contributed by atoms with Crippen LogP contribution in [0.15, 0.2) is 11.6 Å². The lowest BCUT2D eigenvalue weighted by atomic mass is 9.33. The summed E-state index contributed by atoms with van der Waals surface area (Å²) in [7, 11) is 0. The third-order valence-electron chi connectivity index (χ3n) is 13.1. The number of allylic oxidation sites excluding steroid dienone is 2. The van der Waals surface area contributed by atoms with Crippen LogP contribution in [0, 0.1) is 50.2 Å². The van der Waals surface area contributed by atoms with E-state index in [1.807, 2.05) is 6.92 Å². The Morgan fingerprint density at radius 2 is 1.63 bits per heavy atom. The molecule has 0 aromatic carbocycles. The molecule has 0 saturated heterocycles. The number of ether oxygens (including phenoxy) is 1. The smallest absolute Gasteiger partial charge is 0.312 e. The maximum atomic E-state index is 13.6. The molecular weight excluding hydrogens is 432 g/mol. The first kappa shape index (κ1) is 25.5. The first-order chi connectivity index (χ1) is 16.2. The van der Waals surface area contributed by atoms with Gasteiger partial charge in [0.15, 0.2) is 0 Å². The van der Waals surface area contributed by atoms with Crippen molar-refractivity contribution in [2.45, 2.75) is 120 Å². The molecule has 0 N–H and O–H groups in total. The summed E-state index contributed by atoms with van der Waals surface area (Å²) in [5, 5.41) is 0. The molecular formula is C32H50O3. The normalized spacial score (nSPS) is 47.9. The van der Waals surface area contributed by atoms with Crippen LogP contribution in [-0.2, 0) is 14.3 Å². The lowest BCUT2D eigenvalue weighted by molar-refractivity contribution is -0.191. The van der Waals surface area contributed by atoms with Crippen molar-refractivity contribution in [1.29, 1.82) is 0 Å². The van der Waals surface area contributed by atoms with E-state index in [2.05, 4.69) is 54.5 Å². The summed E-state index contributed by atoms with van der Waals surface area (Å²) in [5.41, 5.74) is 1.84. The van der Waals surface area contributed by atoms with E-state index in [1.54, 1.807) is 5.57 Å². The molecule has 7 atom stereocenters. The number of rotatable bonds is 2. The Hall–Kier alpha value is -1.12. The van der Waals surface area contributed by atoms with Crippen molar-refractivity contribution in [2.75, 3.05) is 6.61 Å². The third kappa shape index (κ3) is 3.21. The van der Waals surface area contributed by atoms with Crippen molar-refractivity contribution in [1.82, 2.24) is 0 Å². The van der Waals surface area contributed by atoms with E-state index >= 15 is 0 Å². The Morgan fingerprint density at radius 1 is 0.943 bits per heavy atom. The molecule has 0 aliphatic heterocycles. The summed E-state index contributed by atoms with van der Waals surface area (Å²) in [6.07, 6.45) is 13.1. The predicted molar refractivity (Wildman–Crippen MR) is 141 cm³/mol. The molecule has 0 radical (unpaired) electrons. The van der Waals surface area contributed by atoms with E-state index in [-0.39, 0.29) is 38.5 Å². The van der Waals surface area contributed by atoms with Crippen LogP contribution in [0.3, 0.4) is 0 Å². The number of esters is 1. The average Bonchev–Trinajstić information content (AvgIpc) is 2.77. The first-order valence-electron chi connectivity index (χ1n) is 14.6. The highest BCUT2D eigenvalue weighted by atomic mass is 16.5. The van der Waals surface area contributed by atoms with Crippen LogP contribution in [0.25, 0.3) is 0 Å². The van der Waals surface area contributed by atoms with Crippen LogP contribution in [0.1, 0.15) is 120 Å². The molecule has 3 nitrogen and oxygen atoms in total. The molecule has 35 heavy (non-hydrogen) atoms. The van der Waals surface area contributed by atoms with E-state index in [4.69, 9.17) is 4.74 Å². The van der Waals surface area contributed by atoms with Crippen LogP contribution in [0.5, 0.6) is 0 Å². The maximum Gasteiger partial charge on any atom is 0.312 e. The Kier molecular flexibility index (Phi) is 5.62. The van der Waals surface area contributed by atoms with Gasteiger partial charge in [-0.2, -0.15) is 0 Å². The predicted octanol–water partition coefficient (Wildman–Crippen LogP) is 7.92. The number of hydrogen-bond acceptors (Lipinski definition) is 3. The second-order valence-electron chi connectivity index (χ2n) is 15.2. The molecule has 3 heteroatoms. The molecule has 0 bridgehead atoms. The van der Waals surface area contributed by atoms with E-state index in [1.165, 1.54) is 6.42 Å². The second-order valence-corrected chi connectivity index (χ2v) is 15.2. The molecule has 5 aliphatic carbocycles. The molecule has 5 rings (SSSR count). The summed E-state index contributed by atoms with van der Waals surface area (Å²) >= 11 is 0. The van der Waals surface area contributed by atoms with E-state index in [9.17, 15) is 9.59 Å². The maximum absolute atomic E-state index is 13.6. The zero-order valence-electron chi connectivity index (χ0n) is 23.8. The molecule has 4 saturated carbocycles. The summed E-state index contributed by atoms with van der Waals surface area (Å²) in [4.78, 5) is 26.5. The van der Waals surface area contributed by atoms with Gasteiger partial charge in [-0.3, -0.25) is 9.59 Å². The highest BCUT2D eigenvalue weighted by Crippen LogP contribution is 2.75. The van der Waals surface area contributed by atoms with Crippen LogP contribution >= 0.6 is 0 Å². The van der Waals surface area contributed by atoms with Gasteiger partial charge in [-0.05, 0) is 104 Å². The van der Waals surface area contributed by atoms with Crippen molar-refractivity contribution in [3.05, 3.63) is 11.6 Å². The molecule has 0 aromatic heterocycles. The Morgan fingerprint density at radius 3 is 2.31 bits per heavy atom. The average molecular weight is 483 g/mol. The fraction of sp³-hybridized carbons (Fsp3) is 0.875. The van der Waals surface area contributed by atoms with Gasteiger partial charge < -0.3 is 4.74 Å². The number of carbonyl (C=O) groups is 2. The van der Waals surface area contributed by atoms with Crippen molar-refractivity contribution in [3.63, 3.8) is 0 Å². The lowest BCUT2D eigenvalue weighted by Crippen LogP contribution is -2.64. The van der Waals surface area contributed by atoms with Crippen LogP contribution in [0.4, 0.5) is 0 Å². The van der Waals surface area contributed by atoms with E-state index < -0.39 is 0 Å². The molecule has 0 amide bonds. The number of carbonyl (C=O) groups excluding carboxylic acids is 2. The first-order valence-corrected chi connectivity index (χ1v) is 14.6. The Balaban J connectivity index is 1.59. The fourth-order valence-corrected chi connectivity index (χ4v) is 10.7. The number of fused-ring (bicyclic) bond motifs is 7. The summed E-state index contributed by atoms with van der Waals surface area (Å²) in [6.45, 7) is 19.4. The monoisotopic (exact) mass is 482 g/mol. The van der Waals surface area contributed by atoms with Gasteiger partial charge in [-0.15, -0.1) is 0 Å². The number of hydrogen-bond donors (Lipinski definition) is 0. The van der Waals surface area contributed by atoms with Gasteiger partial charge in [-0.1, -0.05) is 60.1 Å². The van der Waals surface area contributed by atoms with Gasteiger partial charge in [0.1, 0.15) is 5.78 Å². The lowest BCUT2D eigenvalue weighted by Gasteiger charge is -2.70. The standard InChI is InChI=1S/C32H50O3/c1-9-35-26(34)32-18-16-27(2,3)20-22(32)21-10-11-24-29(6)14-13-25(33)28(4,5)23(29)12-15-31(24,8)30(21,7)17-19-32/h10,22-24H,9,11-20H2,1-8H3/t22-,23-,24+,29-,30+,31+,32-/m0/s1. The zero-order chi connectivity index (χ0) is 25.7. The highest BCUT2D eigenvalue weighted by Gasteiger charge is 2.69. The topological polar surface area (TPSA) is 43.4 Å². The molecule has 0 unspecified atom stereocenters. The highest BCUT2D eigenvalue weighted by molar-refractivity contribution is 5.85. The molecule has 0 aromatic rings. The minimum absolute atomic E-state index is 0.0685. The van der Waals surface area contributed by atoms with Crippen molar-refractivity contribution in [2.24, 2.45) is 50.2 Å². The summed E-state index contributed by atoms with van der Waals surface area (Å²) in [6, 6.07) is 0. The zero-order valence-corrected chi connectivity index (χ0v) is 23.8. The van der Waals surface area contributed by atoms with Crippen molar-refractivity contribution in [3.8, 4) is 0 Å². The second kappa shape index (κ2) is 7.70. The minimum atomic E-state index is -0.333. The Labute approximate surface area is 214 Å². The quantitative estimate of drug-likeness (QED) is 0.296.